The number of likely N-dealkylation sites (tertiary alicyclic amines) is 1. The molecular formula is C24H25FN4O2S. The summed E-state index contributed by atoms with van der Waals surface area (Å²) in [6.07, 6.45) is 2.52. The number of nitrogens with one attached hydrogen (secondary N) is 2. The first kappa shape index (κ1) is 22.0. The summed E-state index contributed by atoms with van der Waals surface area (Å²) in [6.45, 7) is 1.71. The van der Waals surface area contributed by atoms with Crippen LogP contribution in [0.2, 0.25) is 0 Å². The predicted molar refractivity (Wildman–Crippen MR) is 123 cm³/mol. The molecule has 2 aromatic carbocycles. The maximum atomic E-state index is 13.3. The van der Waals surface area contributed by atoms with Gasteiger partial charge < -0.3 is 15.5 Å². The molecule has 1 fully saturated rings. The molecule has 166 valence electrons. The Balaban J connectivity index is 1.28. The zero-order valence-electron chi connectivity index (χ0n) is 17.6. The fourth-order valence-electron chi connectivity index (χ4n) is 3.82. The Morgan fingerprint density at radius 3 is 2.81 bits per heavy atom. The van der Waals surface area contributed by atoms with Crippen molar-refractivity contribution in [1.29, 1.82) is 0 Å². The van der Waals surface area contributed by atoms with Gasteiger partial charge in [0.05, 0.1) is 5.01 Å². The molecule has 1 saturated heterocycles. The largest absolute Gasteiger partial charge is 0.338 e. The summed E-state index contributed by atoms with van der Waals surface area (Å²) in [6, 6.07) is 15.4. The number of thiazole rings is 1. The Morgan fingerprint density at radius 1 is 1.16 bits per heavy atom. The number of amides is 3. The van der Waals surface area contributed by atoms with Gasteiger partial charge in [0, 0.05) is 37.1 Å². The normalized spacial score (nSPS) is 15.9. The van der Waals surface area contributed by atoms with Crippen LogP contribution in [0.3, 0.4) is 0 Å². The lowest BCUT2D eigenvalue weighted by Crippen LogP contribution is -2.44. The molecule has 0 bridgehead atoms. The van der Waals surface area contributed by atoms with Gasteiger partial charge in [-0.1, -0.05) is 36.4 Å². The SMILES string of the molecule is O=C(NCC1CCCN(C(=O)c2csc(Cc3ccccc3)n2)C1)Nc1cccc(F)c1. The molecule has 32 heavy (non-hydrogen) atoms. The van der Waals surface area contributed by atoms with Gasteiger partial charge in [0.2, 0.25) is 0 Å². The summed E-state index contributed by atoms with van der Waals surface area (Å²) in [5.41, 5.74) is 2.05. The summed E-state index contributed by atoms with van der Waals surface area (Å²) in [5.74, 6) is -0.305. The number of carbonyl (C=O) groups excluding carboxylic acids is 2. The lowest BCUT2D eigenvalue weighted by molar-refractivity contribution is 0.0670. The van der Waals surface area contributed by atoms with Crippen LogP contribution in [0.1, 0.15) is 33.9 Å². The minimum Gasteiger partial charge on any atom is -0.338 e. The van der Waals surface area contributed by atoms with E-state index in [1.807, 2.05) is 28.5 Å². The second-order valence-corrected chi connectivity index (χ2v) is 8.84. The topological polar surface area (TPSA) is 74.3 Å². The molecule has 1 aliphatic heterocycles. The molecule has 0 spiro atoms. The maximum Gasteiger partial charge on any atom is 0.319 e. The van der Waals surface area contributed by atoms with E-state index < -0.39 is 5.82 Å². The highest BCUT2D eigenvalue weighted by molar-refractivity contribution is 7.09. The maximum absolute atomic E-state index is 13.3. The van der Waals surface area contributed by atoms with E-state index in [2.05, 4.69) is 27.8 Å². The fourth-order valence-corrected chi connectivity index (χ4v) is 4.62. The molecule has 3 amide bonds. The number of aromatic nitrogens is 1. The first-order chi connectivity index (χ1) is 15.6. The van der Waals surface area contributed by atoms with E-state index in [-0.39, 0.29) is 17.9 Å². The highest BCUT2D eigenvalue weighted by Gasteiger charge is 2.26. The van der Waals surface area contributed by atoms with E-state index in [0.29, 0.717) is 37.4 Å². The molecule has 0 aliphatic carbocycles. The van der Waals surface area contributed by atoms with Crippen LogP contribution in [0.15, 0.2) is 60.0 Å². The van der Waals surface area contributed by atoms with Crippen LogP contribution >= 0.6 is 11.3 Å². The lowest BCUT2D eigenvalue weighted by atomic mass is 9.98. The number of rotatable bonds is 6. The first-order valence-electron chi connectivity index (χ1n) is 10.6. The third kappa shape index (κ3) is 5.91. The summed E-state index contributed by atoms with van der Waals surface area (Å²) in [5, 5.41) is 8.20. The van der Waals surface area contributed by atoms with E-state index in [0.717, 1.165) is 17.8 Å². The molecule has 2 N–H and O–H groups in total. The van der Waals surface area contributed by atoms with Crippen molar-refractivity contribution in [2.75, 3.05) is 25.0 Å². The van der Waals surface area contributed by atoms with Gasteiger partial charge in [0.1, 0.15) is 11.5 Å². The molecule has 6 nitrogen and oxygen atoms in total. The van der Waals surface area contributed by atoms with Crippen LogP contribution in [0.4, 0.5) is 14.9 Å². The smallest absolute Gasteiger partial charge is 0.319 e. The molecule has 1 unspecified atom stereocenters. The number of urea groups is 1. The molecule has 3 aromatic rings. The van der Waals surface area contributed by atoms with Crippen molar-refractivity contribution in [2.45, 2.75) is 19.3 Å². The third-order valence-corrected chi connectivity index (χ3v) is 6.26. The Morgan fingerprint density at radius 2 is 2.00 bits per heavy atom. The molecule has 2 heterocycles. The summed E-state index contributed by atoms with van der Waals surface area (Å²) < 4.78 is 13.3. The monoisotopic (exact) mass is 452 g/mol. The second-order valence-electron chi connectivity index (χ2n) is 7.89. The van der Waals surface area contributed by atoms with Crippen LogP contribution < -0.4 is 10.6 Å². The average Bonchev–Trinajstić information content (AvgIpc) is 3.26. The van der Waals surface area contributed by atoms with E-state index in [1.165, 1.54) is 29.0 Å². The minimum absolute atomic E-state index is 0.0607. The number of benzene rings is 2. The van der Waals surface area contributed by atoms with Crippen molar-refractivity contribution in [2.24, 2.45) is 5.92 Å². The van der Waals surface area contributed by atoms with Crippen molar-refractivity contribution >= 4 is 29.0 Å². The molecule has 1 aromatic heterocycles. The van der Waals surface area contributed by atoms with E-state index in [1.54, 1.807) is 12.1 Å². The lowest BCUT2D eigenvalue weighted by Gasteiger charge is -2.32. The second kappa shape index (κ2) is 10.4. The van der Waals surface area contributed by atoms with Crippen molar-refractivity contribution in [3.63, 3.8) is 0 Å². The zero-order valence-corrected chi connectivity index (χ0v) is 18.4. The van der Waals surface area contributed by atoms with Gasteiger partial charge in [-0.15, -0.1) is 11.3 Å². The standard InChI is InChI=1S/C24H25FN4O2S/c25-19-9-4-10-20(13-19)27-24(31)26-14-18-8-5-11-29(15-18)23(30)21-16-32-22(28-21)12-17-6-2-1-3-7-17/h1-4,6-7,9-10,13,16,18H,5,8,11-12,14-15H2,(H2,26,27,31). The van der Waals surface area contributed by atoms with Gasteiger partial charge in [0.15, 0.2) is 0 Å². The van der Waals surface area contributed by atoms with Crippen LogP contribution in [-0.2, 0) is 6.42 Å². The van der Waals surface area contributed by atoms with Gasteiger partial charge in [0.25, 0.3) is 5.91 Å². The van der Waals surface area contributed by atoms with Crippen LogP contribution in [0, 0.1) is 11.7 Å². The number of piperidine rings is 1. The number of anilines is 1. The van der Waals surface area contributed by atoms with E-state index >= 15 is 0 Å². The summed E-state index contributed by atoms with van der Waals surface area (Å²) in [4.78, 5) is 31.5. The van der Waals surface area contributed by atoms with E-state index in [4.69, 9.17) is 0 Å². The van der Waals surface area contributed by atoms with Gasteiger partial charge in [-0.3, -0.25) is 4.79 Å². The molecule has 1 atom stereocenters. The number of carbonyl (C=O) groups is 2. The van der Waals surface area contributed by atoms with Gasteiger partial charge in [-0.25, -0.2) is 14.2 Å². The predicted octanol–water partition coefficient (Wildman–Crippen LogP) is 4.55. The number of halogens is 1. The van der Waals surface area contributed by atoms with Crippen molar-refractivity contribution in [3.8, 4) is 0 Å². The molecule has 4 rings (SSSR count). The van der Waals surface area contributed by atoms with Gasteiger partial charge in [-0.05, 0) is 42.5 Å². The van der Waals surface area contributed by atoms with Gasteiger partial charge in [-0.2, -0.15) is 0 Å². The quantitative estimate of drug-likeness (QED) is 0.576. The van der Waals surface area contributed by atoms with Gasteiger partial charge >= 0.3 is 6.03 Å². The molecule has 0 saturated carbocycles. The number of hydrogen-bond donors (Lipinski definition) is 2. The fraction of sp³-hybridized carbons (Fsp3) is 0.292. The van der Waals surface area contributed by atoms with Crippen LogP contribution in [0.5, 0.6) is 0 Å². The van der Waals surface area contributed by atoms with E-state index in [9.17, 15) is 14.0 Å². The average molecular weight is 453 g/mol. The van der Waals surface area contributed by atoms with Crippen LogP contribution in [-0.4, -0.2) is 41.5 Å². The Labute approximate surface area is 190 Å². The highest BCUT2D eigenvalue weighted by Crippen LogP contribution is 2.21. The highest BCUT2D eigenvalue weighted by atomic mass is 32.1. The number of nitrogens with zero attached hydrogens (tertiary/aromatic N) is 2. The molecule has 1 aliphatic rings. The zero-order chi connectivity index (χ0) is 22.3. The third-order valence-electron chi connectivity index (χ3n) is 5.41. The Kier molecular flexibility index (Phi) is 7.11. The Hall–Kier alpha value is -3.26. The molecule has 0 radical (unpaired) electrons. The summed E-state index contributed by atoms with van der Waals surface area (Å²) >= 11 is 1.50. The summed E-state index contributed by atoms with van der Waals surface area (Å²) in [7, 11) is 0. The first-order valence-corrected chi connectivity index (χ1v) is 11.5. The van der Waals surface area contributed by atoms with Crippen molar-refractivity contribution in [3.05, 3.63) is 82.1 Å². The Bertz CT molecular complexity index is 1070. The minimum atomic E-state index is -0.404. The van der Waals surface area contributed by atoms with Crippen LogP contribution in [0.25, 0.3) is 0 Å². The molecular weight excluding hydrogens is 427 g/mol. The number of hydrogen-bond acceptors (Lipinski definition) is 4. The van der Waals surface area contributed by atoms with Crippen molar-refractivity contribution in [1.82, 2.24) is 15.2 Å². The van der Waals surface area contributed by atoms with Crippen molar-refractivity contribution < 1.29 is 14.0 Å². The molecule has 8 heteroatoms.